The maximum Gasteiger partial charge on any atom is 0.125 e. The average molecular weight is 265 g/mol. The zero-order valence-corrected chi connectivity index (χ0v) is 11.9. The van der Waals surface area contributed by atoms with E-state index in [0.717, 1.165) is 17.7 Å². The van der Waals surface area contributed by atoms with Gasteiger partial charge < -0.3 is 19.9 Å². The Hall–Kier alpha value is -1.10. The fourth-order valence-electron chi connectivity index (χ4n) is 2.85. The number of hydrogen-bond acceptors (Lipinski definition) is 4. The minimum absolute atomic E-state index is 0.0422. The van der Waals surface area contributed by atoms with E-state index in [9.17, 15) is 5.11 Å². The van der Waals surface area contributed by atoms with Crippen LogP contribution >= 0.6 is 0 Å². The van der Waals surface area contributed by atoms with Crippen molar-refractivity contribution in [2.75, 3.05) is 26.9 Å². The van der Waals surface area contributed by atoms with Crippen LogP contribution in [-0.2, 0) is 10.3 Å². The molecule has 1 unspecified atom stereocenters. The van der Waals surface area contributed by atoms with Crippen LogP contribution in [-0.4, -0.2) is 37.6 Å². The van der Waals surface area contributed by atoms with Gasteiger partial charge in [-0.05, 0) is 19.9 Å². The van der Waals surface area contributed by atoms with E-state index >= 15 is 0 Å². The number of nitrogens with one attached hydrogen (secondary N) is 1. The Kier molecular flexibility index (Phi) is 4.13. The summed E-state index contributed by atoms with van der Waals surface area (Å²) in [5.41, 5.74) is 0.251. The van der Waals surface area contributed by atoms with Gasteiger partial charge >= 0.3 is 0 Å². The molecule has 0 spiro atoms. The molecule has 1 atom stereocenters. The number of aliphatic hydroxyl groups excluding tert-OH is 1. The lowest BCUT2D eigenvalue weighted by Crippen LogP contribution is -2.55. The largest absolute Gasteiger partial charge is 0.487 e. The number of benzene rings is 1. The van der Waals surface area contributed by atoms with Gasteiger partial charge in [0.05, 0.1) is 18.8 Å². The fourth-order valence-corrected chi connectivity index (χ4v) is 2.85. The van der Waals surface area contributed by atoms with E-state index in [0.29, 0.717) is 13.2 Å². The van der Waals surface area contributed by atoms with Crippen molar-refractivity contribution >= 4 is 0 Å². The van der Waals surface area contributed by atoms with Crippen LogP contribution in [0.15, 0.2) is 24.3 Å². The standard InChI is InChI=1S/C15H23NO3/c1-14(2)10-15(11-17,16-8-9-18-3)12-6-4-5-7-13(12)19-14/h4-7,16-17H,8-11H2,1-3H3. The van der Waals surface area contributed by atoms with E-state index in [-0.39, 0.29) is 12.2 Å². The summed E-state index contributed by atoms with van der Waals surface area (Å²) in [4.78, 5) is 0. The fraction of sp³-hybridized carbons (Fsp3) is 0.600. The smallest absolute Gasteiger partial charge is 0.125 e. The predicted molar refractivity (Wildman–Crippen MR) is 74.4 cm³/mol. The topological polar surface area (TPSA) is 50.7 Å². The molecule has 0 fully saturated rings. The summed E-state index contributed by atoms with van der Waals surface area (Å²) >= 11 is 0. The second kappa shape index (κ2) is 5.49. The van der Waals surface area contributed by atoms with Gasteiger partial charge in [0, 0.05) is 25.6 Å². The minimum atomic E-state index is -0.461. The van der Waals surface area contributed by atoms with E-state index in [1.54, 1.807) is 7.11 Å². The van der Waals surface area contributed by atoms with Gasteiger partial charge in [-0.3, -0.25) is 0 Å². The second-order valence-corrected chi connectivity index (χ2v) is 5.69. The summed E-state index contributed by atoms with van der Waals surface area (Å²) in [6.07, 6.45) is 0.719. The van der Waals surface area contributed by atoms with Gasteiger partial charge in [0.25, 0.3) is 0 Å². The van der Waals surface area contributed by atoms with Crippen molar-refractivity contribution < 1.29 is 14.6 Å². The summed E-state index contributed by atoms with van der Waals surface area (Å²) in [6.45, 7) is 5.45. The van der Waals surface area contributed by atoms with Crippen LogP contribution in [0.5, 0.6) is 5.75 Å². The van der Waals surface area contributed by atoms with Crippen molar-refractivity contribution in [1.82, 2.24) is 5.32 Å². The Morgan fingerprint density at radius 1 is 1.37 bits per heavy atom. The Morgan fingerprint density at radius 2 is 2.11 bits per heavy atom. The molecule has 0 saturated heterocycles. The molecular weight excluding hydrogens is 242 g/mol. The molecule has 19 heavy (non-hydrogen) atoms. The zero-order chi connectivity index (χ0) is 13.9. The number of hydrogen-bond donors (Lipinski definition) is 2. The van der Waals surface area contributed by atoms with Gasteiger partial charge in [-0.2, -0.15) is 0 Å². The first-order chi connectivity index (χ1) is 9.03. The van der Waals surface area contributed by atoms with Crippen LogP contribution in [0, 0.1) is 0 Å². The summed E-state index contributed by atoms with van der Waals surface area (Å²) < 4.78 is 11.1. The second-order valence-electron chi connectivity index (χ2n) is 5.69. The SMILES string of the molecule is COCCNC1(CO)CC(C)(C)Oc2ccccc21. The maximum absolute atomic E-state index is 9.96. The van der Waals surface area contributed by atoms with E-state index in [1.165, 1.54) is 0 Å². The van der Waals surface area contributed by atoms with Crippen molar-refractivity contribution in [3.63, 3.8) is 0 Å². The van der Waals surface area contributed by atoms with E-state index in [1.807, 2.05) is 38.1 Å². The first kappa shape index (κ1) is 14.3. The monoisotopic (exact) mass is 265 g/mol. The third kappa shape index (κ3) is 2.91. The van der Waals surface area contributed by atoms with Crippen molar-refractivity contribution in [2.45, 2.75) is 31.4 Å². The Labute approximate surface area is 114 Å². The van der Waals surface area contributed by atoms with Gasteiger partial charge in [0.1, 0.15) is 11.4 Å². The Balaban J connectivity index is 2.35. The molecule has 0 radical (unpaired) electrons. The minimum Gasteiger partial charge on any atom is -0.487 e. The summed E-state index contributed by atoms with van der Waals surface area (Å²) in [5.74, 6) is 0.845. The molecule has 1 aliphatic heterocycles. The first-order valence-electron chi connectivity index (χ1n) is 6.66. The average Bonchev–Trinajstić information content (AvgIpc) is 2.37. The molecule has 4 heteroatoms. The molecule has 0 amide bonds. The number of methoxy groups -OCH3 is 1. The molecule has 1 heterocycles. The predicted octanol–water partition coefficient (Wildman–Crippen LogP) is 1.67. The van der Waals surface area contributed by atoms with Crippen LogP contribution in [0.1, 0.15) is 25.8 Å². The molecule has 2 N–H and O–H groups in total. The van der Waals surface area contributed by atoms with Gasteiger partial charge in [-0.15, -0.1) is 0 Å². The molecule has 1 aromatic carbocycles. The summed E-state index contributed by atoms with van der Waals surface area (Å²) in [5, 5.41) is 13.4. The van der Waals surface area contributed by atoms with Crippen LogP contribution < -0.4 is 10.1 Å². The van der Waals surface area contributed by atoms with Crippen molar-refractivity contribution in [2.24, 2.45) is 0 Å². The lowest BCUT2D eigenvalue weighted by Gasteiger charge is -2.45. The first-order valence-corrected chi connectivity index (χ1v) is 6.66. The van der Waals surface area contributed by atoms with Crippen molar-refractivity contribution in [1.29, 1.82) is 0 Å². The molecule has 1 aromatic rings. The van der Waals surface area contributed by atoms with Gasteiger partial charge in [-0.25, -0.2) is 0 Å². The van der Waals surface area contributed by atoms with Crippen LogP contribution in [0.25, 0.3) is 0 Å². The van der Waals surface area contributed by atoms with Crippen LogP contribution in [0.4, 0.5) is 0 Å². The number of rotatable bonds is 5. The highest BCUT2D eigenvalue weighted by atomic mass is 16.5. The molecule has 1 aliphatic rings. The van der Waals surface area contributed by atoms with Crippen molar-refractivity contribution in [3.8, 4) is 5.75 Å². The molecule has 0 bridgehead atoms. The molecule has 4 nitrogen and oxygen atoms in total. The molecule has 0 aromatic heterocycles. The summed E-state index contributed by atoms with van der Waals surface area (Å²) in [7, 11) is 1.68. The molecule has 2 rings (SSSR count). The molecule has 0 aliphatic carbocycles. The van der Waals surface area contributed by atoms with E-state index in [4.69, 9.17) is 9.47 Å². The lowest BCUT2D eigenvalue weighted by atomic mass is 9.78. The number of fused-ring (bicyclic) bond motifs is 1. The lowest BCUT2D eigenvalue weighted by molar-refractivity contribution is 0.00647. The third-order valence-electron chi connectivity index (χ3n) is 3.56. The number of para-hydroxylation sites is 1. The van der Waals surface area contributed by atoms with Gasteiger partial charge in [-0.1, -0.05) is 18.2 Å². The zero-order valence-electron chi connectivity index (χ0n) is 11.9. The van der Waals surface area contributed by atoms with E-state index < -0.39 is 5.54 Å². The molecular formula is C15H23NO3. The maximum atomic E-state index is 9.96. The highest BCUT2D eigenvalue weighted by molar-refractivity contribution is 5.42. The van der Waals surface area contributed by atoms with Gasteiger partial charge in [0.2, 0.25) is 0 Å². The third-order valence-corrected chi connectivity index (χ3v) is 3.56. The molecule has 0 saturated carbocycles. The van der Waals surface area contributed by atoms with Crippen LogP contribution in [0.3, 0.4) is 0 Å². The number of ether oxygens (including phenoxy) is 2. The normalized spacial score (nSPS) is 24.6. The number of aliphatic hydroxyl groups is 1. The highest BCUT2D eigenvalue weighted by Gasteiger charge is 2.44. The quantitative estimate of drug-likeness (QED) is 0.795. The molecule has 106 valence electrons. The summed E-state index contributed by atoms with van der Waals surface area (Å²) in [6, 6.07) is 7.90. The Bertz CT molecular complexity index is 433. The van der Waals surface area contributed by atoms with Gasteiger partial charge in [0.15, 0.2) is 0 Å². The Morgan fingerprint density at radius 3 is 2.79 bits per heavy atom. The van der Waals surface area contributed by atoms with Crippen LogP contribution in [0.2, 0.25) is 0 Å². The van der Waals surface area contributed by atoms with Crippen molar-refractivity contribution in [3.05, 3.63) is 29.8 Å². The van der Waals surface area contributed by atoms with E-state index in [2.05, 4.69) is 5.32 Å². The highest BCUT2D eigenvalue weighted by Crippen LogP contribution is 2.43.